The molecule has 1 N–H and O–H groups in total. The first kappa shape index (κ1) is 16.6. The van der Waals surface area contributed by atoms with Gasteiger partial charge < -0.3 is 5.32 Å². The molecule has 0 aliphatic rings. The van der Waals surface area contributed by atoms with E-state index in [0.29, 0.717) is 5.16 Å². The lowest BCUT2D eigenvalue weighted by Gasteiger charge is -2.13. The normalized spacial score (nSPS) is 12.4. The summed E-state index contributed by atoms with van der Waals surface area (Å²) in [6.07, 6.45) is 0. The molecule has 4 rings (SSSR count). The van der Waals surface area contributed by atoms with Crippen molar-refractivity contribution < 1.29 is 4.79 Å². The van der Waals surface area contributed by atoms with Crippen LogP contribution in [0.5, 0.6) is 0 Å². The van der Waals surface area contributed by atoms with Gasteiger partial charge in [-0.1, -0.05) is 48.2 Å². The van der Waals surface area contributed by atoms with Gasteiger partial charge in [0.1, 0.15) is 0 Å². The molecule has 0 spiro atoms. The van der Waals surface area contributed by atoms with Crippen LogP contribution in [-0.4, -0.2) is 25.8 Å². The molecule has 0 saturated carbocycles. The summed E-state index contributed by atoms with van der Waals surface area (Å²) in [7, 11) is 0. The quantitative estimate of drug-likeness (QED) is 0.550. The zero-order chi connectivity index (χ0) is 18.1. The number of hydrogen-bond donors (Lipinski definition) is 1. The molecule has 26 heavy (non-hydrogen) atoms. The Morgan fingerprint density at radius 2 is 1.81 bits per heavy atom. The van der Waals surface area contributed by atoms with E-state index in [0.717, 1.165) is 27.8 Å². The Kier molecular flexibility index (Phi) is 4.34. The number of nitrogens with zero attached hydrogens (tertiary/aromatic N) is 3. The standard InChI is InChI=1S/C20H18N4OS/c1-13-7-3-5-9-16(13)21-19(25)14(2)26-20-23-22-18-12-11-15-8-4-6-10-17(15)24(18)20/h3-12,14H,1-2H3,(H,21,25). The van der Waals surface area contributed by atoms with Gasteiger partial charge in [0.05, 0.1) is 10.8 Å². The summed E-state index contributed by atoms with van der Waals surface area (Å²) in [4.78, 5) is 12.6. The second-order valence-electron chi connectivity index (χ2n) is 6.13. The molecule has 2 aromatic carbocycles. The first-order chi connectivity index (χ1) is 12.6. The molecule has 0 aliphatic carbocycles. The highest BCUT2D eigenvalue weighted by Crippen LogP contribution is 2.27. The van der Waals surface area contributed by atoms with Crippen LogP contribution in [0.4, 0.5) is 5.69 Å². The van der Waals surface area contributed by atoms with Crippen LogP contribution in [0.3, 0.4) is 0 Å². The van der Waals surface area contributed by atoms with Gasteiger partial charge in [0.2, 0.25) is 5.91 Å². The fourth-order valence-corrected chi connectivity index (χ4v) is 3.72. The minimum atomic E-state index is -0.305. The molecule has 0 aliphatic heterocycles. The number of benzene rings is 2. The highest BCUT2D eigenvalue weighted by atomic mass is 32.2. The van der Waals surface area contributed by atoms with Crippen molar-refractivity contribution >= 4 is 39.9 Å². The molecule has 0 saturated heterocycles. The Labute approximate surface area is 155 Å². The molecule has 0 radical (unpaired) electrons. The number of aromatic nitrogens is 3. The third-order valence-electron chi connectivity index (χ3n) is 4.30. The first-order valence-electron chi connectivity index (χ1n) is 8.39. The molecule has 6 heteroatoms. The molecule has 1 atom stereocenters. The Morgan fingerprint density at radius 3 is 2.65 bits per heavy atom. The molecule has 5 nitrogen and oxygen atoms in total. The first-order valence-corrected chi connectivity index (χ1v) is 9.27. The van der Waals surface area contributed by atoms with Gasteiger partial charge in [0.25, 0.3) is 0 Å². The number of carbonyl (C=O) groups excluding carboxylic acids is 1. The van der Waals surface area contributed by atoms with E-state index in [4.69, 9.17) is 0 Å². The fraction of sp³-hybridized carbons (Fsp3) is 0.150. The highest BCUT2D eigenvalue weighted by molar-refractivity contribution is 8.00. The van der Waals surface area contributed by atoms with Crippen LogP contribution in [0.2, 0.25) is 0 Å². The largest absolute Gasteiger partial charge is 0.325 e. The number of carbonyl (C=O) groups is 1. The van der Waals surface area contributed by atoms with Crippen molar-refractivity contribution in [3.63, 3.8) is 0 Å². The number of amides is 1. The number of fused-ring (bicyclic) bond motifs is 3. The molecule has 2 aromatic heterocycles. The third kappa shape index (κ3) is 3.04. The number of hydrogen-bond acceptors (Lipinski definition) is 4. The van der Waals surface area contributed by atoms with Gasteiger partial charge in [-0.3, -0.25) is 9.20 Å². The maximum atomic E-state index is 12.6. The minimum absolute atomic E-state index is 0.0544. The van der Waals surface area contributed by atoms with E-state index in [-0.39, 0.29) is 11.2 Å². The van der Waals surface area contributed by atoms with E-state index in [1.54, 1.807) is 0 Å². The Bertz CT molecular complexity index is 1110. The monoisotopic (exact) mass is 362 g/mol. The van der Waals surface area contributed by atoms with Crippen LogP contribution in [0.15, 0.2) is 65.8 Å². The van der Waals surface area contributed by atoms with Gasteiger partial charge in [-0.25, -0.2) is 0 Å². The van der Waals surface area contributed by atoms with E-state index < -0.39 is 0 Å². The maximum absolute atomic E-state index is 12.6. The fourth-order valence-electron chi connectivity index (χ4n) is 2.85. The second-order valence-corrected chi connectivity index (χ2v) is 7.44. The lowest BCUT2D eigenvalue weighted by molar-refractivity contribution is -0.115. The topological polar surface area (TPSA) is 59.3 Å². The third-order valence-corrected chi connectivity index (χ3v) is 5.35. The number of rotatable bonds is 4. The number of thioether (sulfide) groups is 1. The lowest BCUT2D eigenvalue weighted by Crippen LogP contribution is -2.23. The van der Waals surface area contributed by atoms with E-state index in [9.17, 15) is 4.79 Å². The van der Waals surface area contributed by atoms with Gasteiger partial charge in [0.15, 0.2) is 10.8 Å². The summed E-state index contributed by atoms with van der Waals surface area (Å²) in [5.41, 5.74) is 3.68. The van der Waals surface area contributed by atoms with Crippen molar-refractivity contribution in [2.45, 2.75) is 24.3 Å². The smallest absolute Gasteiger partial charge is 0.237 e. The Morgan fingerprint density at radius 1 is 1.04 bits per heavy atom. The van der Waals surface area contributed by atoms with Gasteiger partial charge in [0, 0.05) is 5.69 Å². The maximum Gasteiger partial charge on any atom is 0.237 e. The highest BCUT2D eigenvalue weighted by Gasteiger charge is 2.19. The van der Waals surface area contributed by atoms with Crippen LogP contribution in [0, 0.1) is 6.92 Å². The lowest BCUT2D eigenvalue weighted by atomic mass is 10.2. The zero-order valence-corrected chi connectivity index (χ0v) is 15.3. The predicted octanol–water partition coefficient (Wildman–Crippen LogP) is 4.31. The molecule has 130 valence electrons. The molecule has 0 bridgehead atoms. The second kappa shape index (κ2) is 6.80. The SMILES string of the molecule is Cc1ccccc1NC(=O)C(C)Sc1nnc2ccc3ccccc3n12. The van der Waals surface area contributed by atoms with Gasteiger partial charge in [-0.15, -0.1) is 10.2 Å². The van der Waals surface area contributed by atoms with Crippen molar-refractivity contribution in [3.8, 4) is 0 Å². The summed E-state index contributed by atoms with van der Waals surface area (Å²) < 4.78 is 2.00. The number of pyridine rings is 1. The molecule has 0 fully saturated rings. The summed E-state index contributed by atoms with van der Waals surface area (Å²) in [5, 5.41) is 13.0. The molecule has 1 unspecified atom stereocenters. The Hall–Kier alpha value is -2.86. The molecular formula is C20H18N4OS. The van der Waals surface area contributed by atoms with Crippen LogP contribution in [-0.2, 0) is 4.79 Å². The van der Waals surface area contributed by atoms with Crippen LogP contribution < -0.4 is 5.32 Å². The van der Waals surface area contributed by atoms with Crippen molar-refractivity contribution in [2.75, 3.05) is 5.32 Å². The van der Waals surface area contributed by atoms with Crippen molar-refractivity contribution in [2.24, 2.45) is 0 Å². The number of aryl methyl sites for hydroxylation is 1. The molecule has 1 amide bonds. The Balaban J connectivity index is 1.61. The van der Waals surface area contributed by atoms with Gasteiger partial charge in [-0.05, 0) is 49.1 Å². The predicted molar refractivity (Wildman–Crippen MR) is 106 cm³/mol. The van der Waals surface area contributed by atoms with Crippen LogP contribution in [0.25, 0.3) is 16.6 Å². The summed E-state index contributed by atoms with van der Waals surface area (Å²) >= 11 is 1.41. The van der Waals surface area contributed by atoms with Crippen molar-refractivity contribution in [1.82, 2.24) is 14.6 Å². The average Bonchev–Trinajstić information content (AvgIpc) is 3.07. The summed E-state index contributed by atoms with van der Waals surface area (Å²) in [5.74, 6) is -0.0544. The van der Waals surface area contributed by atoms with E-state index >= 15 is 0 Å². The summed E-state index contributed by atoms with van der Waals surface area (Å²) in [6.45, 7) is 3.86. The van der Waals surface area contributed by atoms with Gasteiger partial charge >= 0.3 is 0 Å². The van der Waals surface area contributed by atoms with Crippen molar-refractivity contribution in [1.29, 1.82) is 0 Å². The van der Waals surface area contributed by atoms with Crippen LogP contribution in [0.1, 0.15) is 12.5 Å². The van der Waals surface area contributed by atoms with Gasteiger partial charge in [-0.2, -0.15) is 0 Å². The number of para-hydroxylation sites is 2. The molecule has 4 aromatic rings. The van der Waals surface area contributed by atoms with E-state index in [1.165, 1.54) is 11.8 Å². The number of nitrogens with one attached hydrogen (secondary N) is 1. The number of anilines is 1. The zero-order valence-electron chi connectivity index (χ0n) is 14.5. The van der Waals surface area contributed by atoms with Crippen molar-refractivity contribution in [3.05, 3.63) is 66.2 Å². The van der Waals surface area contributed by atoms with E-state index in [2.05, 4.69) is 21.6 Å². The molecule has 2 heterocycles. The summed E-state index contributed by atoms with van der Waals surface area (Å²) in [6, 6.07) is 19.8. The minimum Gasteiger partial charge on any atom is -0.325 e. The van der Waals surface area contributed by atoms with Crippen LogP contribution >= 0.6 is 11.8 Å². The molecular weight excluding hydrogens is 344 g/mol. The average molecular weight is 362 g/mol. The van der Waals surface area contributed by atoms with E-state index in [1.807, 2.05) is 72.8 Å².